The topological polar surface area (TPSA) is 38.8 Å². The Hall–Kier alpha value is -1.97. The van der Waals surface area contributed by atoms with Crippen LogP contribution >= 0.6 is 0 Å². The van der Waals surface area contributed by atoms with Crippen molar-refractivity contribution in [1.29, 1.82) is 0 Å². The van der Waals surface area contributed by atoms with Crippen molar-refractivity contribution < 1.29 is 14.3 Å². The van der Waals surface area contributed by atoms with Gasteiger partial charge in [-0.2, -0.15) is 0 Å². The van der Waals surface area contributed by atoms with Gasteiger partial charge < -0.3 is 14.4 Å². The molecule has 5 rings (SSSR count). The molecule has 1 aromatic rings. The molecule has 4 heteroatoms. The van der Waals surface area contributed by atoms with Crippen molar-refractivity contribution in [1.82, 2.24) is 4.90 Å². The van der Waals surface area contributed by atoms with Gasteiger partial charge in [0.05, 0.1) is 5.92 Å². The number of piperidine rings is 1. The van der Waals surface area contributed by atoms with Crippen molar-refractivity contribution in [2.45, 2.75) is 50.9 Å². The Balaban J connectivity index is 1.50. The van der Waals surface area contributed by atoms with Crippen LogP contribution in [-0.4, -0.2) is 30.7 Å². The van der Waals surface area contributed by atoms with Crippen molar-refractivity contribution in [3.8, 4) is 11.5 Å². The summed E-state index contributed by atoms with van der Waals surface area (Å²) >= 11 is 0. The molecular weight excluding hydrogens is 338 g/mol. The predicted octanol–water partition coefficient (Wildman–Crippen LogP) is 4.50. The predicted molar refractivity (Wildman–Crippen MR) is 104 cm³/mol. The monoisotopic (exact) mass is 367 g/mol. The van der Waals surface area contributed by atoms with Crippen LogP contribution in [0.15, 0.2) is 30.4 Å². The van der Waals surface area contributed by atoms with Crippen molar-refractivity contribution >= 4 is 5.91 Å². The highest BCUT2D eigenvalue weighted by Crippen LogP contribution is 2.48. The summed E-state index contributed by atoms with van der Waals surface area (Å²) in [4.78, 5) is 15.8. The average Bonchev–Trinajstić information content (AvgIpc) is 3.21. The maximum atomic E-state index is 13.7. The van der Waals surface area contributed by atoms with Crippen molar-refractivity contribution in [3.63, 3.8) is 0 Å². The molecule has 0 aromatic heterocycles. The minimum atomic E-state index is 0.0683. The molecule has 2 aliphatic carbocycles. The first-order valence-electron chi connectivity index (χ1n) is 10.7. The van der Waals surface area contributed by atoms with Gasteiger partial charge in [-0.15, -0.1) is 0 Å². The second-order valence-corrected chi connectivity index (χ2v) is 8.55. The van der Waals surface area contributed by atoms with Crippen LogP contribution in [0, 0.1) is 17.8 Å². The molecule has 1 aromatic carbocycles. The molecule has 144 valence electrons. The molecule has 0 radical (unpaired) electrons. The van der Waals surface area contributed by atoms with E-state index in [1.165, 1.54) is 37.7 Å². The molecule has 1 amide bonds. The number of carbonyl (C=O) groups excluding carboxylic acids is 1. The fourth-order valence-electron chi connectivity index (χ4n) is 5.62. The molecule has 0 spiro atoms. The van der Waals surface area contributed by atoms with Gasteiger partial charge in [0.15, 0.2) is 11.5 Å². The quantitative estimate of drug-likeness (QED) is 0.722. The summed E-state index contributed by atoms with van der Waals surface area (Å²) in [7, 11) is 0. The fourth-order valence-corrected chi connectivity index (χ4v) is 5.62. The van der Waals surface area contributed by atoms with Crippen LogP contribution in [0.3, 0.4) is 0 Å². The number of allylic oxidation sites excluding steroid dienone is 2. The lowest BCUT2D eigenvalue weighted by Gasteiger charge is -2.44. The molecule has 1 saturated carbocycles. The van der Waals surface area contributed by atoms with Crippen LogP contribution < -0.4 is 9.47 Å². The van der Waals surface area contributed by atoms with E-state index in [0.29, 0.717) is 24.5 Å². The van der Waals surface area contributed by atoms with Gasteiger partial charge in [0.2, 0.25) is 12.7 Å². The van der Waals surface area contributed by atoms with Gasteiger partial charge in [-0.25, -0.2) is 0 Å². The Morgan fingerprint density at radius 3 is 2.63 bits per heavy atom. The molecule has 2 heterocycles. The minimum absolute atomic E-state index is 0.0683. The molecule has 4 aliphatic rings. The number of rotatable bonds is 2. The standard InChI is InChI=1S/C23H29NO3/c25-23(24-12-4-1-5-13-24)22-18-7-3-2-6-16(18)8-10-19(22)17-9-11-20-21(14-17)27-15-26-20/h8-11,14,16,18-19,22H,1-7,12-13,15H2/t16-,18-,19-,22+/m1/s1. The second-order valence-electron chi connectivity index (χ2n) is 8.55. The second kappa shape index (κ2) is 7.21. The third-order valence-corrected chi connectivity index (χ3v) is 7.02. The molecule has 0 bridgehead atoms. The molecule has 2 fully saturated rings. The van der Waals surface area contributed by atoms with Gasteiger partial charge in [0, 0.05) is 19.0 Å². The molecule has 0 N–H and O–H groups in total. The van der Waals surface area contributed by atoms with E-state index in [-0.39, 0.29) is 11.8 Å². The normalized spacial score (nSPS) is 32.2. The third kappa shape index (κ3) is 3.13. The van der Waals surface area contributed by atoms with Gasteiger partial charge in [-0.1, -0.05) is 31.1 Å². The van der Waals surface area contributed by atoms with E-state index in [9.17, 15) is 4.79 Å². The Kier molecular flexibility index (Phi) is 4.58. The molecular formula is C23H29NO3. The molecule has 2 aliphatic heterocycles. The number of benzene rings is 1. The Labute approximate surface area is 161 Å². The maximum absolute atomic E-state index is 13.7. The van der Waals surface area contributed by atoms with E-state index in [4.69, 9.17) is 9.47 Å². The first-order valence-corrected chi connectivity index (χ1v) is 10.7. The van der Waals surface area contributed by atoms with Gasteiger partial charge >= 0.3 is 0 Å². The Morgan fingerprint density at radius 2 is 1.74 bits per heavy atom. The number of ether oxygens (including phenoxy) is 2. The van der Waals surface area contributed by atoms with Crippen molar-refractivity contribution in [3.05, 3.63) is 35.9 Å². The average molecular weight is 367 g/mol. The zero-order chi connectivity index (χ0) is 18.2. The van der Waals surface area contributed by atoms with Crippen LogP contribution in [0.1, 0.15) is 56.4 Å². The molecule has 4 atom stereocenters. The highest BCUT2D eigenvalue weighted by atomic mass is 16.7. The van der Waals surface area contributed by atoms with E-state index in [1.807, 2.05) is 6.07 Å². The van der Waals surface area contributed by atoms with Crippen molar-refractivity contribution in [2.75, 3.05) is 19.9 Å². The summed E-state index contributed by atoms with van der Waals surface area (Å²) < 4.78 is 11.1. The van der Waals surface area contributed by atoms with E-state index in [1.54, 1.807) is 0 Å². The van der Waals surface area contributed by atoms with Crippen LogP contribution in [0.2, 0.25) is 0 Å². The first kappa shape index (κ1) is 17.2. The number of carbonyl (C=O) groups is 1. The zero-order valence-electron chi connectivity index (χ0n) is 15.9. The Bertz CT molecular complexity index is 737. The summed E-state index contributed by atoms with van der Waals surface area (Å²) in [6, 6.07) is 6.22. The van der Waals surface area contributed by atoms with Crippen LogP contribution in [-0.2, 0) is 4.79 Å². The molecule has 4 nitrogen and oxygen atoms in total. The van der Waals surface area contributed by atoms with Gasteiger partial charge in [0.25, 0.3) is 0 Å². The van der Waals surface area contributed by atoms with Crippen LogP contribution in [0.4, 0.5) is 0 Å². The summed E-state index contributed by atoms with van der Waals surface area (Å²) in [5.41, 5.74) is 1.19. The largest absolute Gasteiger partial charge is 0.454 e. The van der Waals surface area contributed by atoms with Crippen LogP contribution in [0.5, 0.6) is 11.5 Å². The lowest BCUT2D eigenvalue weighted by atomic mass is 9.63. The summed E-state index contributed by atoms with van der Waals surface area (Å²) in [6.45, 7) is 2.16. The van der Waals surface area contributed by atoms with Gasteiger partial charge in [-0.05, 0) is 61.6 Å². The number of fused-ring (bicyclic) bond motifs is 2. The van der Waals surface area contributed by atoms with E-state index in [0.717, 1.165) is 37.4 Å². The zero-order valence-corrected chi connectivity index (χ0v) is 15.9. The molecule has 27 heavy (non-hydrogen) atoms. The lowest BCUT2D eigenvalue weighted by molar-refractivity contribution is -0.140. The highest BCUT2D eigenvalue weighted by molar-refractivity contribution is 5.81. The highest BCUT2D eigenvalue weighted by Gasteiger charge is 2.44. The molecule has 1 saturated heterocycles. The summed E-state index contributed by atoms with van der Waals surface area (Å²) in [5, 5.41) is 0. The lowest BCUT2D eigenvalue weighted by Crippen LogP contribution is -2.47. The van der Waals surface area contributed by atoms with Gasteiger partial charge in [-0.3, -0.25) is 4.79 Å². The smallest absolute Gasteiger partial charge is 0.231 e. The number of hydrogen-bond acceptors (Lipinski definition) is 3. The van der Waals surface area contributed by atoms with Crippen LogP contribution in [0.25, 0.3) is 0 Å². The fraction of sp³-hybridized carbons (Fsp3) is 0.609. The van der Waals surface area contributed by atoms with E-state index in [2.05, 4.69) is 29.2 Å². The third-order valence-electron chi connectivity index (χ3n) is 7.02. The first-order chi connectivity index (χ1) is 13.3. The Morgan fingerprint density at radius 1 is 0.926 bits per heavy atom. The van der Waals surface area contributed by atoms with E-state index < -0.39 is 0 Å². The molecule has 0 unspecified atom stereocenters. The number of amides is 1. The SMILES string of the molecule is O=C([C@H]1[C@@H]2CCCC[C@@H]2C=C[C@@H]1c1ccc2c(c1)OCO2)N1CCCCC1. The summed E-state index contributed by atoms with van der Waals surface area (Å²) in [6.07, 6.45) is 13.2. The van der Waals surface area contributed by atoms with Crippen molar-refractivity contribution in [2.24, 2.45) is 17.8 Å². The number of nitrogens with zero attached hydrogens (tertiary/aromatic N) is 1. The van der Waals surface area contributed by atoms with E-state index >= 15 is 0 Å². The summed E-state index contributed by atoms with van der Waals surface area (Å²) in [5.74, 6) is 3.28. The minimum Gasteiger partial charge on any atom is -0.454 e. The van der Waals surface area contributed by atoms with Gasteiger partial charge in [0.1, 0.15) is 0 Å². The maximum Gasteiger partial charge on any atom is 0.231 e. The number of hydrogen-bond donors (Lipinski definition) is 0. The number of likely N-dealkylation sites (tertiary alicyclic amines) is 1.